The zero-order chi connectivity index (χ0) is 6.91. The van der Waals surface area contributed by atoms with Crippen LogP contribution in [0.2, 0.25) is 24.7 Å². The Morgan fingerprint density at radius 3 is 2.10 bits per heavy atom. The van der Waals surface area contributed by atoms with E-state index in [1.165, 1.54) is 19.3 Å². The van der Waals surface area contributed by atoms with Crippen LogP contribution in [0.15, 0.2) is 0 Å². The third-order valence-electron chi connectivity index (χ3n) is 3.04. The van der Waals surface area contributed by atoms with Crippen molar-refractivity contribution < 1.29 is 0 Å². The summed E-state index contributed by atoms with van der Waals surface area (Å²) in [5, 5.41) is 0. The van der Waals surface area contributed by atoms with Gasteiger partial charge in [-0.3, -0.25) is 0 Å². The zero-order valence-electron chi connectivity index (χ0n) is 6.91. The number of hydrogen-bond acceptors (Lipinski definition) is 0. The van der Waals surface area contributed by atoms with Gasteiger partial charge in [0.1, 0.15) is 0 Å². The average molecular weight is 174 g/mol. The lowest BCUT2D eigenvalue weighted by Crippen LogP contribution is -2.33. The Morgan fingerprint density at radius 2 is 1.80 bits per heavy atom. The lowest BCUT2D eigenvalue weighted by molar-refractivity contribution is 0.635. The van der Waals surface area contributed by atoms with Gasteiger partial charge in [-0.2, -0.15) is 0 Å². The topological polar surface area (TPSA) is 0 Å². The summed E-state index contributed by atoms with van der Waals surface area (Å²) in [6.45, 7) is 7.53. The standard InChI is InChI=1S/C8H18Si.H4Si/c1-8-6-4-5-7-9(8,2)3;/h8H,4-7H2,1-3H3;1H4. The zero-order valence-corrected chi connectivity index (χ0v) is 7.91. The minimum atomic E-state index is -0.694. The van der Waals surface area contributed by atoms with Crippen LogP contribution in [-0.4, -0.2) is 19.0 Å². The molecule has 62 valence electrons. The lowest BCUT2D eigenvalue weighted by Gasteiger charge is -2.34. The van der Waals surface area contributed by atoms with E-state index in [2.05, 4.69) is 20.0 Å². The van der Waals surface area contributed by atoms with E-state index in [4.69, 9.17) is 0 Å². The van der Waals surface area contributed by atoms with E-state index in [-0.39, 0.29) is 11.0 Å². The molecule has 10 heavy (non-hydrogen) atoms. The van der Waals surface area contributed by atoms with E-state index in [1.54, 1.807) is 6.04 Å². The fourth-order valence-electron chi connectivity index (χ4n) is 1.67. The Labute approximate surface area is 70.4 Å². The minimum Gasteiger partial charge on any atom is -0.0692 e. The van der Waals surface area contributed by atoms with Crippen LogP contribution in [0.3, 0.4) is 0 Å². The van der Waals surface area contributed by atoms with Gasteiger partial charge in [0.2, 0.25) is 0 Å². The molecule has 0 aromatic rings. The van der Waals surface area contributed by atoms with Crippen LogP contribution in [0.25, 0.3) is 0 Å². The molecule has 1 fully saturated rings. The Kier molecular flexibility index (Phi) is 3.88. The predicted octanol–water partition coefficient (Wildman–Crippen LogP) is 1.82. The maximum absolute atomic E-state index is 2.54. The van der Waals surface area contributed by atoms with Gasteiger partial charge >= 0.3 is 0 Å². The van der Waals surface area contributed by atoms with E-state index in [1.807, 2.05) is 0 Å². The molecular weight excluding hydrogens is 152 g/mol. The van der Waals surface area contributed by atoms with Crippen LogP contribution in [0, 0.1) is 0 Å². The molecule has 0 saturated carbocycles. The van der Waals surface area contributed by atoms with Crippen LogP contribution in [0.5, 0.6) is 0 Å². The highest BCUT2D eigenvalue weighted by Crippen LogP contribution is 2.36. The first-order valence-electron chi connectivity index (χ1n) is 4.13. The first-order valence-corrected chi connectivity index (χ1v) is 7.41. The Hall–Kier alpha value is 0.434. The van der Waals surface area contributed by atoms with Gasteiger partial charge in [-0.25, -0.2) is 0 Å². The van der Waals surface area contributed by atoms with E-state index >= 15 is 0 Å². The smallest absolute Gasteiger partial charge is 0.0502 e. The fraction of sp³-hybridized carbons (Fsp3) is 1.00. The van der Waals surface area contributed by atoms with Gasteiger partial charge in [0, 0.05) is 0 Å². The molecule has 0 aromatic carbocycles. The van der Waals surface area contributed by atoms with Crippen molar-refractivity contribution in [3.63, 3.8) is 0 Å². The molecule has 1 heterocycles. The van der Waals surface area contributed by atoms with Crippen molar-refractivity contribution in [1.29, 1.82) is 0 Å². The normalized spacial score (nSPS) is 30.9. The summed E-state index contributed by atoms with van der Waals surface area (Å²) in [7, 11) is -0.694. The van der Waals surface area contributed by atoms with Gasteiger partial charge in [0.25, 0.3) is 0 Å². The Bertz CT molecular complexity index is 99.4. The molecular formula is C8H22Si2. The van der Waals surface area contributed by atoms with Crippen LogP contribution in [-0.2, 0) is 0 Å². The van der Waals surface area contributed by atoms with Crippen molar-refractivity contribution in [2.24, 2.45) is 0 Å². The number of hydrogen-bond donors (Lipinski definition) is 0. The lowest BCUT2D eigenvalue weighted by atomic mass is 10.2. The molecule has 0 aliphatic carbocycles. The van der Waals surface area contributed by atoms with Gasteiger partial charge in [0.15, 0.2) is 0 Å². The van der Waals surface area contributed by atoms with E-state index in [0.717, 1.165) is 5.54 Å². The summed E-state index contributed by atoms with van der Waals surface area (Å²) in [5.74, 6) is 0. The molecule has 0 radical (unpaired) electrons. The second-order valence-electron chi connectivity index (χ2n) is 4.14. The SMILES string of the molecule is CC1CCCC[Si]1(C)C.[SiH4]. The maximum Gasteiger partial charge on any atom is 0.0502 e. The molecule has 1 aliphatic rings. The molecule has 1 aliphatic heterocycles. The fourth-order valence-corrected chi connectivity index (χ4v) is 4.31. The Morgan fingerprint density at radius 1 is 1.20 bits per heavy atom. The van der Waals surface area contributed by atoms with Crippen LogP contribution in [0.4, 0.5) is 0 Å². The van der Waals surface area contributed by atoms with Gasteiger partial charge < -0.3 is 0 Å². The monoisotopic (exact) mass is 174 g/mol. The van der Waals surface area contributed by atoms with E-state index in [0.29, 0.717) is 0 Å². The van der Waals surface area contributed by atoms with Crippen molar-refractivity contribution in [3.05, 3.63) is 0 Å². The van der Waals surface area contributed by atoms with Crippen molar-refractivity contribution >= 4 is 19.0 Å². The summed E-state index contributed by atoms with van der Waals surface area (Å²) in [6, 6.07) is 1.58. The highest BCUT2D eigenvalue weighted by Gasteiger charge is 2.30. The molecule has 1 saturated heterocycles. The molecule has 0 amide bonds. The van der Waals surface area contributed by atoms with Crippen molar-refractivity contribution in [2.75, 3.05) is 0 Å². The third-order valence-corrected chi connectivity index (χ3v) is 7.64. The highest BCUT2D eigenvalue weighted by molar-refractivity contribution is 6.78. The van der Waals surface area contributed by atoms with Crippen molar-refractivity contribution in [3.8, 4) is 0 Å². The number of rotatable bonds is 0. The minimum absolute atomic E-state index is 0. The van der Waals surface area contributed by atoms with Crippen LogP contribution < -0.4 is 0 Å². The molecule has 0 N–H and O–H groups in total. The molecule has 1 unspecified atom stereocenters. The largest absolute Gasteiger partial charge is 0.0692 e. The van der Waals surface area contributed by atoms with Gasteiger partial charge in [0.05, 0.1) is 8.07 Å². The summed E-state index contributed by atoms with van der Waals surface area (Å²) < 4.78 is 0. The molecule has 1 atom stereocenters. The molecule has 0 spiro atoms. The quantitative estimate of drug-likeness (QED) is 0.492. The predicted molar refractivity (Wildman–Crippen MR) is 56.9 cm³/mol. The van der Waals surface area contributed by atoms with Crippen molar-refractivity contribution in [2.45, 2.75) is 50.9 Å². The second-order valence-corrected chi connectivity index (χ2v) is 9.60. The van der Waals surface area contributed by atoms with Crippen LogP contribution >= 0.6 is 0 Å². The molecule has 0 aromatic heterocycles. The Balaban J connectivity index is 0.000000810. The molecule has 1 rings (SSSR count). The second kappa shape index (κ2) is 3.72. The molecule has 0 nitrogen and oxygen atoms in total. The van der Waals surface area contributed by atoms with Crippen molar-refractivity contribution in [1.82, 2.24) is 0 Å². The van der Waals surface area contributed by atoms with Gasteiger partial charge in [-0.1, -0.05) is 45.3 Å². The summed E-state index contributed by atoms with van der Waals surface area (Å²) in [4.78, 5) is 0. The first kappa shape index (κ1) is 10.4. The summed E-state index contributed by atoms with van der Waals surface area (Å²) in [5.41, 5.74) is 1.09. The first-order chi connectivity index (χ1) is 4.13. The summed E-state index contributed by atoms with van der Waals surface area (Å²) >= 11 is 0. The third kappa shape index (κ3) is 2.24. The highest BCUT2D eigenvalue weighted by atomic mass is 28.3. The summed E-state index contributed by atoms with van der Waals surface area (Å²) in [6.07, 6.45) is 4.53. The van der Waals surface area contributed by atoms with Crippen LogP contribution in [0.1, 0.15) is 26.2 Å². The molecule has 0 bridgehead atoms. The average Bonchev–Trinajstić information content (AvgIpc) is 1.77. The van der Waals surface area contributed by atoms with E-state index in [9.17, 15) is 0 Å². The van der Waals surface area contributed by atoms with Gasteiger partial charge in [-0.15, -0.1) is 0 Å². The maximum atomic E-state index is 2.54. The molecule has 2 heteroatoms. The van der Waals surface area contributed by atoms with E-state index < -0.39 is 8.07 Å². The van der Waals surface area contributed by atoms with Gasteiger partial charge in [-0.05, 0) is 16.5 Å².